The first kappa shape index (κ1) is 21.1. The van der Waals surface area contributed by atoms with E-state index in [1.165, 1.54) is 6.92 Å². The minimum Gasteiger partial charge on any atom is -0.274 e. The Morgan fingerprint density at radius 3 is 2.23 bits per heavy atom. The van der Waals surface area contributed by atoms with Crippen LogP contribution >= 0.6 is 11.3 Å². The summed E-state index contributed by atoms with van der Waals surface area (Å²) < 4.78 is 1.85. The van der Waals surface area contributed by atoms with E-state index < -0.39 is 17.9 Å². The zero-order valence-corrected chi connectivity index (χ0v) is 19.4. The number of para-hydroxylation sites is 1. The monoisotopic (exact) mass is 478 g/mol. The van der Waals surface area contributed by atoms with Crippen molar-refractivity contribution in [2.45, 2.75) is 13.0 Å². The fourth-order valence-electron chi connectivity index (χ4n) is 4.62. The Bertz CT molecular complexity index is 1720. The Morgan fingerprint density at radius 1 is 0.857 bits per heavy atom. The lowest BCUT2D eigenvalue weighted by molar-refractivity contribution is -0.122. The predicted molar refractivity (Wildman–Crippen MR) is 134 cm³/mol. The molecule has 8 heteroatoms. The number of nitrogens with zero attached hydrogens (tertiary/aromatic N) is 4. The van der Waals surface area contributed by atoms with Crippen molar-refractivity contribution in [2.75, 3.05) is 4.90 Å². The lowest BCUT2D eigenvalue weighted by Gasteiger charge is -2.22. The predicted octanol–water partition coefficient (Wildman–Crippen LogP) is 2.63. The zero-order valence-electron chi connectivity index (χ0n) is 18.6. The van der Waals surface area contributed by atoms with Crippen LogP contribution in [-0.2, 0) is 9.59 Å². The summed E-state index contributed by atoms with van der Waals surface area (Å²) in [7, 11) is 0. The van der Waals surface area contributed by atoms with Crippen molar-refractivity contribution < 1.29 is 9.59 Å². The van der Waals surface area contributed by atoms with Crippen LogP contribution in [0.3, 0.4) is 0 Å². The highest BCUT2D eigenvalue weighted by Gasteiger charge is 2.37. The Labute approximate surface area is 203 Å². The smallest absolute Gasteiger partial charge is 0.272 e. The number of anilines is 1. The average molecular weight is 479 g/mol. The molecule has 3 aromatic carbocycles. The van der Waals surface area contributed by atoms with Gasteiger partial charge in [-0.25, -0.2) is 4.90 Å². The molecule has 35 heavy (non-hydrogen) atoms. The number of benzene rings is 3. The largest absolute Gasteiger partial charge is 0.274 e. The minimum atomic E-state index is -0.514. The van der Waals surface area contributed by atoms with Gasteiger partial charge < -0.3 is 0 Å². The van der Waals surface area contributed by atoms with E-state index in [1.54, 1.807) is 28.8 Å². The molecule has 0 N–H and O–H groups in total. The van der Waals surface area contributed by atoms with Crippen LogP contribution in [0.15, 0.2) is 99.9 Å². The van der Waals surface area contributed by atoms with Gasteiger partial charge in [0.25, 0.3) is 11.5 Å². The first-order valence-corrected chi connectivity index (χ1v) is 11.8. The number of carbonyl (C=O) groups excluding carboxylic acids is 2. The van der Waals surface area contributed by atoms with Gasteiger partial charge in [0.05, 0.1) is 17.0 Å². The Balaban J connectivity index is 1.65. The maximum Gasteiger partial charge on any atom is 0.272 e. The molecule has 1 aromatic heterocycles. The molecule has 0 spiro atoms. The second-order valence-corrected chi connectivity index (χ2v) is 9.18. The summed E-state index contributed by atoms with van der Waals surface area (Å²) >= 11 is 1.12. The highest BCUT2D eigenvalue weighted by atomic mass is 32.1. The van der Waals surface area contributed by atoms with Gasteiger partial charge in [-0.05, 0) is 11.6 Å². The van der Waals surface area contributed by atoms with Crippen LogP contribution in [0.25, 0.3) is 5.57 Å². The van der Waals surface area contributed by atoms with Gasteiger partial charge in [0.1, 0.15) is 10.6 Å². The van der Waals surface area contributed by atoms with E-state index in [4.69, 9.17) is 0 Å². The fourth-order valence-corrected chi connectivity index (χ4v) is 5.66. The van der Waals surface area contributed by atoms with Gasteiger partial charge in [-0.15, -0.1) is 10.2 Å². The van der Waals surface area contributed by atoms with E-state index in [2.05, 4.69) is 10.2 Å². The molecular formula is C27H18N4O3S. The number of aromatic nitrogens is 1. The van der Waals surface area contributed by atoms with Crippen molar-refractivity contribution in [3.8, 4) is 0 Å². The van der Waals surface area contributed by atoms with Crippen LogP contribution in [0.1, 0.15) is 29.7 Å². The average Bonchev–Trinajstić information content (AvgIpc) is 3.37. The van der Waals surface area contributed by atoms with E-state index >= 15 is 0 Å². The van der Waals surface area contributed by atoms with Gasteiger partial charge in [0.15, 0.2) is 0 Å². The molecule has 0 saturated heterocycles. The van der Waals surface area contributed by atoms with Crippen LogP contribution in [0, 0.1) is 0 Å². The summed E-state index contributed by atoms with van der Waals surface area (Å²) in [6.07, 6.45) is 0. The van der Waals surface area contributed by atoms with E-state index in [1.807, 2.05) is 60.7 Å². The third-order valence-electron chi connectivity index (χ3n) is 6.13. The van der Waals surface area contributed by atoms with Gasteiger partial charge in [-0.1, -0.05) is 90.2 Å². The molecule has 0 bridgehead atoms. The summed E-state index contributed by atoms with van der Waals surface area (Å²) in [5.74, 6) is -0.907. The van der Waals surface area contributed by atoms with Gasteiger partial charge >= 0.3 is 0 Å². The minimum absolute atomic E-state index is 0.218. The van der Waals surface area contributed by atoms with Crippen LogP contribution in [0.4, 0.5) is 5.69 Å². The van der Waals surface area contributed by atoms with Gasteiger partial charge in [0.2, 0.25) is 10.7 Å². The number of amides is 2. The van der Waals surface area contributed by atoms with Crippen LogP contribution in [-0.4, -0.2) is 22.1 Å². The SMILES string of the molecule is CC(=O)N1C(=O)/C(=c2/sc3n(c2=O)[C@H](c2ccccc2)C(c2ccccc2)=NN=3)c2ccccc21. The van der Waals surface area contributed by atoms with Crippen LogP contribution in [0.5, 0.6) is 0 Å². The van der Waals surface area contributed by atoms with Crippen molar-refractivity contribution in [3.05, 3.63) is 121 Å². The number of rotatable bonds is 2. The molecule has 0 radical (unpaired) electrons. The number of hydrogen-bond donors (Lipinski definition) is 0. The quantitative estimate of drug-likeness (QED) is 0.444. The number of carbonyl (C=O) groups is 2. The molecule has 170 valence electrons. The standard InChI is InChI=1S/C27H18N4O3S/c1-16(32)30-20-15-9-8-14-19(20)21(25(30)33)24-26(34)31-23(18-12-6-3-7-13-18)22(28-29-27(31)35-24)17-10-4-2-5-11-17/h2-15,23H,1H3/b24-21+/t23-/m1/s1. The highest BCUT2D eigenvalue weighted by molar-refractivity contribution is 7.07. The normalized spacial score (nSPS) is 18.0. The molecule has 2 aliphatic heterocycles. The summed E-state index contributed by atoms with van der Waals surface area (Å²) in [6.45, 7) is 1.34. The van der Waals surface area contributed by atoms with Gasteiger partial charge in [-0.2, -0.15) is 0 Å². The molecule has 1 atom stereocenters. The molecule has 6 rings (SSSR count). The molecule has 0 aliphatic carbocycles. The highest BCUT2D eigenvalue weighted by Crippen LogP contribution is 2.35. The topological polar surface area (TPSA) is 84.1 Å². The number of imide groups is 1. The van der Waals surface area contributed by atoms with E-state index in [0.717, 1.165) is 27.4 Å². The lowest BCUT2D eigenvalue weighted by Crippen LogP contribution is -2.41. The van der Waals surface area contributed by atoms with Crippen molar-refractivity contribution in [1.82, 2.24) is 4.57 Å². The summed E-state index contributed by atoms with van der Waals surface area (Å²) in [4.78, 5) is 41.2. The third-order valence-corrected chi connectivity index (χ3v) is 7.17. The van der Waals surface area contributed by atoms with Crippen LogP contribution < -0.4 is 19.8 Å². The number of thiazole rings is 1. The van der Waals surface area contributed by atoms with Crippen LogP contribution in [0.2, 0.25) is 0 Å². The Kier molecular flexibility index (Phi) is 4.89. The fraction of sp³-hybridized carbons (Fsp3) is 0.0741. The molecule has 7 nitrogen and oxygen atoms in total. The Morgan fingerprint density at radius 2 is 1.51 bits per heavy atom. The summed E-state index contributed by atoms with van der Waals surface area (Å²) in [5, 5.41) is 8.90. The third kappa shape index (κ3) is 3.22. The van der Waals surface area contributed by atoms with E-state index in [9.17, 15) is 14.4 Å². The summed E-state index contributed by atoms with van der Waals surface area (Å²) in [6, 6.07) is 25.8. The molecule has 0 fully saturated rings. The molecule has 3 heterocycles. The van der Waals surface area contributed by atoms with Crippen molar-refractivity contribution >= 4 is 40.1 Å². The van der Waals surface area contributed by atoms with Crippen molar-refractivity contribution in [2.24, 2.45) is 10.2 Å². The maximum absolute atomic E-state index is 14.0. The Hall–Kier alpha value is -4.43. The van der Waals surface area contributed by atoms with E-state index in [0.29, 0.717) is 21.8 Å². The molecule has 2 amide bonds. The molecule has 0 saturated carbocycles. The van der Waals surface area contributed by atoms with Crippen molar-refractivity contribution in [3.63, 3.8) is 0 Å². The second-order valence-electron chi connectivity index (χ2n) is 8.21. The second kappa shape index (κ2) is 8.11. The summed E-state index contributed by atoms with van der Waals surface area (Å²) in [5.41, 5.74) is 3.30. The van der Waals surface area contributed by atoms with Gasteiger partial charge in [-0.3, -0.25) is 19.0 Å². The van der Waals surface area contributed by atoms with Gasteiger partial charge in [0, 0.05) is 18.1 Å². The molecule has 4 aromatic rings. The lowest BCUT2D eigenvalue weighted by atomic mass is 9.96. The maximum atomic E-state index is 14.0. The first-order chi connectivity index (χ1) is 17.1. The zero-order chi connectivity index (χ0) is 24.1. The molecular weight excluding hydrogens is 460 g/mol. The number of fused-ring (bicyclic) bond motifs is 2. The molecule has 0 unspecified atom stereocenters. The van der Waals surface area contributed by atoms with E-state index in [-0.39, 0.29) is 15.7 Å². The first-order valence-electron chi connectivity index (χ1n) is 11.0. The number of hydrogen-bond acceptors (Lipinski definition) is 6. The van der Waals surface area contributed by atoms with Crippen molar-refractivity contribution in [1.29, 1.82) is 0 Å². The molecule has 2 aliphatic rings.